The predicted molar refractivity (Wildman–Crippen MR) is 62.6 cm³/mol. The van der Waals surface area contributed by atoms with E-state index >= 15 is 0 Å². The lowest BCUT2D eigenvalue weighted by molar-refractivity contribution is 0.0684. The van der Waals surface area contributed by atoms with Gasteiger partial charge in [0.15, 0.2) is 5.69 Å². The van der Waals surface area contributed by atoms with Crippen molar-refractivity contribution in [3.05, 3.63) is 23.2 Å². The van der Waals surface area contributed by atoms with Gasteiger partial charge in [0.05, 0.1) is 10.6 Å². The first-order chi connectivity index (χ1) is 7.65. The van der Waals surface area contributed by atoms with Crippen LogP contribution in [0.25, 0.3) is 10.6 Å². The van der Waals surface area contributed by atoms with Crippen molar-refractivity contribution in [2.24, 2.45) is 0 Å². The maximum Gasteiger partial charge on any atom is 0.356 e. The molecule has 0 bridgehead atoms. The number of carboxylic acid groups (broad SMARTS) is 1. The number of carbonyl (C=O) groups is 1. The van der Waals surface area contributed by atoms with Crippen molar-refractivity contribution in [3.8, 4) is 10.6 Å². The predicted octanol–water partition coefficient (Wildman–Crippen LogP) is 1.91. The van der Waals surface area contributed by atoms with Crippen LogP contribution in [0.15, 0.2) is 17.5 Å². The zero-order chi connectivity index (χ0) is 11.7. The zero-order valence-corrected chi connectivity index (χ0v) is 9.49. The molecule has 0 amide bonds. The summed E-state index contributed by atoms with van der Waals surface area (Å²) in [5, 5.41) is 15.2. The van der Waals surface area contributed by atoms with E-state index in [1.807, 2.05) is 24.4 Å². The minimum absolute atomic E-state index is 0.0610. The molecule has 6 heteroatoms. The first kappa shape index (κ1) is 10.7. The van der Waals surface area contributed by atoms with Gasteiger partial charge in [0, 0.05) is 6.54 Å². The lowest BCUT2D eigenvalue weighted by Crippen LogP contribution is -2.10. The third kappa shape index (κ3) is 1.57. The van der Waals surface area contributed by atoms with Crippen LogP contribution in [-0.4, -0.2) is 20.9 Å². The molecule has 0 aliphatic rings. The summed E-state index contributed by atoms with van der Waals surface area (Å²) in [4.78, 5) is 11.9. The third-order valence-corrected chi connectivity index (χ3v) is 3.12. The Morgan fingerprint density at radius 1 is 1.69 bits per heavy atom. The maximum absolute atomic E-state index is 11.0. The van der Waals surface area contributed by atoms with Gasteiger partial charge >= 0.3 is 5.97 Å². The molecule has 0 unspecified atom stereocenters. The number of aromatic nitrogens is 2. The molecule has 3 N–H and O–H groups in total. The van der Waals surface area contributed by atoms with E-state index in [-0.39, 0.29) is 11.4 Å². The topological polar surface area (TPSA) is 81.1 Å². The number of anilines is 1. The summed E-state index contributed by atoms with van der Waals surface area (Å²) in [5.41, 5.74) is 6.66. The summed E-state index contributed by atoms with van der Waals surface area (Å²) >= 11 is 1.49. The van der Waals surface area contributed by atoms with E-state index in [0.717, 1.165) is 4.88 Å². The van der Waals surface area contributed by atoms with Crippen LogP contribution in [0, 0.1) is 0 Å². The highest BCUT2D eigenvalue weighted by atomic mass is 32.1. The first-order valence-electron chi connectivity index (χ1n) is 4.78. The molecular weight excluding hydrogens is 226 g/mol. The van der Waals surface area contributed by atoms with Crippen molar-refractivity contribution in [2.75, 3.05) is 5.73 Å². The number of aromatic carboxylic acids is 1. The summed E-state index contributed by atoms with van der Waals surface area (Å²) in [5.74, 6) is -1.05. The van der Waals surface area contributed by atoms with Gasteiger partial charge in [-0.25, -0.2) is 4.79 Å². The number of hydrogen-bond acceptors (Lipinski definition) is 4. The SMILES string of the molecule is CCn1nc(-c2cccs2)c(N)c1C(=O)O. The van der Waals surface area contributed by atoms with Crippen LogP contribution in [0.4, 0.5) is 5.69 Å². The van der Waals surface area contributed by atoms with Crippen molar-refractivity contribution in [1.29, 1.82) is 0 Å². The van der Waals surface area contributed by atoms with Crippen LogP contribution in [0.2, 0.25) is 0 Å². The van der Waals surface area contributed by atoms with Gasteiger partial charge in [-0.3, -0.25) is 4.68 Å². The van der Waals surface area contributed by atoms with Crippen molar-refractivity contribution in [3.63, 3.8) is 0 Å². The molecule has 0 radical (unpaired) electrons. The highest BCUT2D eigenvalue weighted by Crippen LogP contribution is 2.31. The van der Waals surface area contributed by atoms with Gasteiger partial charge in [-0.1, -0.05) is 6.07 Å². The van der Waals surface area contributed by atoms with Crippen molar-refractivity contribution in [2.45, 2.75) is 13.5 Å². The average molecular weight is 237 g/mol. The second-order valence-corrected chi connectivity index (χ2v) is 4.16. The van der Waals surface area contributed by atoms with Crippen LogP contribution in [0.3, 0.4) is 0 Å². The van der Waals surface area contributed by atoms with E-state index in [1.54, 1.807) is 0 Å². The highest BCUT2D eigenvalue weighted by Gasteiger charge is 2.21. The number of thiophene rings is 1. The molecule has 0 aliphatic carbocycles. The fraction of sp³-hybridized carbons (Fsp3) is 0.200. The Hall–Kier alpha value is -1.82. The minimum Gasteiger partial charge on any atom is -0.476 e. The Bertz CT molecular complexity index is 516. The molecule has 0 aliphatic heterocycles. The summed E-state index contributed by atoms with van der Waals surface area (Å²) < 4.78 is 1.41. The number of nitrogen functional groups attached to an aromatic ring is 1. The van der Waals surface area contributed by atoms with Gasteiger partial charge in [0.2, 0.25) is 0 Å². The maximum atomic E-state index is 11.0. The lowest BCUT2D eigenvalue weighted by atomic mass is 10.2. The number of hydrogen-bond donors (Lipinski definition) is 2. The van der Waals surface area contributed by atoms with Gasteiger partial charge in [-0.2, -0.15) is 5.10 Å². The standard InChI is InChI=1S/C10H11N3O2S/c1-2-13-9(10(14)15)7(11)8(12-13)6-4-3-5-16-6/h3-5H,2,11H2,1H3,(H,14,15). The van der Waals surface area contributed by atoms with Crippen LogP contribution in [0.5, 0.6) is 0 Å². The second kappa shape index (κ2) is 3.97. The molecule has 84 valence electrons. The zero-order valence-electron chi connectivity index (χ0n) is 8.67. The Balaban J connectivity index is 2.61. The van der Waals surface area contributed by atoms with Gasteiger partial charge in [-0.15, -0.1) is 11.3 Å². The number of aryl methyl sites for hydroxylation is 1. The molecule has 0 fully saturated rings. The van der Waals surface area contributed by atoms with Gasteiger partial charge in [0.1, 0.15) is 5.69 Å². The minimum atomic E-state index is -1.05. The summed E-state index contributed by atoms with van der Waals surface area (Å²) in [7, 11) is 0. The molecule has 0 saturated heterocycles. The summed E-state index contributed by atoms with van der Waals surface area (Å²) in [6.45, 7) is 2.31. The third-order valence-electron chi connectivity index (χ3n) is 2.25. The molecule has 2 heterocycles. The summed E-state index contributed by atoms with van der Waals surface area (Å²) in [6, 6.07) is 3.75. The monoisotopic (exact) mass is 237 g/mol. The van der Waals surface area contributed by atoms with E-state index < -0.39 is 5.97 Å². The van der Waals surface area contributed by atoms with E-state index in [2.05, 4.69) is 5.10 Å². The van der Waals surface area contributed by atoms with Crippen molar-refractivity contribution in [1.82, 2.24) is 9.78 Å². The Kier molecular flexibility index (Phi) is 2.66. The fourth-order valence-corrected chi connectivity index (χ4v) is 2.25. The lowest BCUT2D eigenvalue weighted by Gasteiger charge is -1.98. The quantitative estimate of drug-likeness (QED) is 0.854. The van der Waals surface area contributed by atoms with Crippen LogP contribution >= 0.6 is 11.3 Å². The van der Waals surface area contributed by atoms with Crippen molar-refractivity contribution >= 4 is 23.0 Å². The van der Waals surface area contributed by atoms with E-state index in [9.17, 15) is 4.79 Å². The molecule has 0 spiro atoms. The smallest absolute Gasteiger partial charge is 0.356 e. The van der Waals surface area contributed by atoms with E-state index in [1.165, 1.54) is 16.0 Å². The molecule has 0 saturated carbocycles. The second-order valence-electron chi connectivity index (χ2n) is 3.21. The molecule has 0 atom stereocenters. The number of rotatable bonds is 3. The van der Waals surface area contributed by atoms with Crippen molar-refractivity contribution < 1.29 is 9.90 Å². The Morgan fingerprint density at radius 3 is 2.88 bits per heavy atom. The fourth-order valence-electron chi connectivity index (χ4n) is 1.53. The molecule has 2 aromatic heterocycles. The number of nitrogens with zero attached hydrogens (tertiary/aromatic N) is 2. The largest absolute Gasteiger partial charge is 0.476 e. The number of nitrogens with two attached hydrogens (primary N) is 1. The average Bonchev–Trinajstić information content (AvgIpc) is 2.83. The Labute approximate surface area is 96.1 Å². The number of carboxylic acids is 1. The normalized spacial score (nSPS) is 10.6. The van der Waals surface area contributed by atoms with E-state index in [4.69, 9.17) is 10.8 Å². The van der Waals surface area contributed by atoms with Crippen LogP contribution in [0.1, 0.15) is 17.4 Å². The highest BCUT2D eigenvalue weighted by molar-refractivity contribution is 7.13. The Morgan fingerprint density at radius 2 is 2.44 bits per heavy atom. The molecule has 2 rings (SSSR count). The summed E-state index contributed by atoms with van der Waals surface area (Å²) in [6.07, 6.45) is 0. The van der Waals surface area contributed by atoms with Crippen LogP contribution in [-0.2, 0) is 6.54 Å². The molecule has 5 nitrogen and oxygen atoms in total. The van der Waals surface area contributed by atoms with Crippen LogP contribution < -0.4 is 5.73 Å². The van der Waals surface area contributed by atoms with Gasteiger partial charge in [0.25, 0.3) is 0 Å². The van der Waals surface area contributed by atoms with Gasteiger partial charge in [-0.05, 0) is 18.4 Å². The molecular formula is C10H11N3O2S. The first-order valence-corrected chi connectivity index (χ1v) is 5.66. The van der Waals surface area contributed by atoms with E-state index in [0.29, 0.717) is 12.2 Å². The molecule has 16 heavy (non-hydrogen) atoms. The molecule has 2 aromatic rings. The van der Waals surface area contributed by atoms with Gasteiger partial charge < -0.3 is 10.8 Å². The molecule has 0 aromatic carbocycles.